The van der Waals surface area contributed by atoms with Crippen LogP contribution in [0.3, 0.4) is 0 Å². The zero-order chi connectivity index (χ0) is 32.8. The number of esters is 2. The van der Waals surface area contributed by atoms with Crippen molar-refractivity contribution in [1.82, 2.24) is 0 Å². The Morgan fingerprint density at radius 3 is 1.42 bits per heavy atom. The van der Waals surface area contributed by atoms with Crippen LogP contribution in [0.15, 0.2) is 4.99 Å². The number of rotatable bonds is 21. The van der Waals surface area contributed by atoms with Gasteiger partial charge in [0.05, 0.1) is 6.54 Å². The predicted octanol–water partition coefficient (Wildman–Crippen LogP) is 3.61. The Kier molecular flexibility index (Phi) is 34.7. The van der Waals surface area contributed by atoms with Gasteiger partial charge in [-0.3, -0.25) is 9.59 Å². The first-order chi connectivity index (χ1) is 19.8. The second kappa shape index (κ2) is 32.5. The molecule has 248 valence electrons. The summed E-state index contributed by atoms with van der Waals surface area (Å²) in [7, 11) is 0. The molecule has 0 aromatic heterocycles. The van der Waals surface area contributed by atoms with E-state index >= 15 is 0 Å². The molecule has 0 bridgehead atoms. The number of aliphatic hydroxyl groups excluding tert-OH is 1. The highest BCUT2D eigenvalue weighted by atomic mass is 16.6. The van der Waals surface area contributed by atoms with Crippen LogP contribution in [0.25, 0.3) is 0 Å². The number of hydrogen-bond donors (Lipinski definition) is 4. The van der Waals surface area contributed by atoms with Crippen LogP contribution in [0, 0.1) is 11.5 Å². The highest BCUT2D eigenvalue weighted by Crippen LogP contribution is 2.10. The number of carboxylic acid groups (broad SMARTS) is 3. The van der Waals surface area contributed by atoms with Crippen LogP contribution < -0.4 is 0 Å². The van der Waals surface area contributed by atoms with E-state index in [-0.39, 0.29) is 20.3 Å². The Labute approximate surface area is 252 Å². The topological polar surface area (TPSA) is 247 Å². The molecule has 0 fully saturated rings. The summed E-state index contributed by atoms with van der Waals surface area (Å²) < 4.78 is 13.9. The van der Waals surface area contributed by atoms with Crippen LogP contribution in [-0.2, 0) is 43.0 Å². The van der Waals surface area contributed by atoms with Gasteiger partial charge in [0, 0.05) is 12.8 Å². The highest BCUT2D eigenvalue weighted by Gasteiger charge is 2.16. The largest absolute Gasteiger partial charge is 0.479 e. The maximum atomic E-state index is 11.3. The Morgan fingerprint density at radius 1 is 0.698 bits per heavy atom. The number of aliphatic imine (C=N–C) groups is 1. The van der Waals surface area contributed by atoms with Gasteiger partial charge in [-0.05, 0) is 52.9 Å². The predicted molar refractivity (Wildman–Crippen MR) is 152 cm³/mol. The van der Waals surface area contributed by atoms with Crippen molar-refractivity contribution in [3.63, 3.8) is 0 Å². The van der Waals surface area contributed by atoms with E-state index in [1.54, 1.807) is 6.26 Å². The zero-order valence-corrected chi connectivity index (χ0v) is 24.5. The molecule has 0 amide bonds. The van der Waals surface area contributed by atoms with Crippen molar-refractivity contribution in [2.45, 2.75) is 124 Å². The molecule has 0 radical (unpaired) electrons. The molecule has 3 atom stereocenters. The smallest absolute Gasteiger partial charge is 0.344 e. The molecule has 0 aromatic carbocycles. The van der Waals surface area contributed by atoms with Gasteiger partial charge in [0.1, 0.15) is 12.7 Å². The Morgan fingerprint density at radius 2 is 1.07 bits per heavy atom. The summed E-state index contributed by atoms with van der Waals surface area (Å²) in [6, 6.07) is 0. The molecule has 15 heteroatoms. The maximum absolute atomic E-state index is 11.3. The Hall–Kier alpha value is -4.02. The third-order valence-electron chi connectivity index (χ3n) is 5.08. The van der Waals surface area contributed by atoms with Gasteiger partial charge in [-0.2, -0.15) is 5.26 Å². The number of nitrogens with zero attached hydrogens (tertiary/aromatic N) is 2. The maximum Gasteiger partial charge on any atom is 0.344 e. The molecular formula is C28H48N2O13. The number of carbonyl (C=O) groups is 5. The van der Waals surface area contributed by atoms with Crippen LogP contribution >= 0.6 is 0 Å². The third-order valence-corrected chi connectivity index (χ3v) is 5.08. The zero-order valence-electron chi connectivity index (χ0n) is 24.5. The number of carboxylic acids is 3. The summed E-state index contributed by atoms with van der Waals surface area (Å²) in [6.45, 7) is 4.86. The third kappa shape index (κ3) is 38.0. The first-order valence-corrected chi connectivity index (χ1v) is 13.6. The normalized spacial score (nSPS) is 11.4. The van der Waals surface area contributed by atoms with Crippen molar-refractivity contribution in [3.8, 4) is 6.26 Å². The van der Waals surface area contributed by atoms with Gasteiger partial charge in [0.15, 0.2) is 12.2 Å². The quantitative estimate of drug-likeness (QED) is 0.0470. The van der Waals surface area contributed by atoms with E-state index in [0.717, 1.165) is 51.4 Å². The number of hydrogen-bond acceptors (Lipinski definition) is 12. The number of ether oxygens (including phenoxy) is 3. The fourth-order valence-corrected chi connectivity index (χ4v) is 2.67. The molecule has 43 heavy (non-hydrogen) atoms. The van der Waals surface area contributed by atoms with Crippen molar-refractivity contribution in [1.29, 1.82) is 5.26 Å². The molecule has 0 spiro atoms. The first-order valence-electron chi connectivity index (χ1n) is 13.6. The van der Waals surface area contributed by atoms with Crippen LogP contribution in [0.5, 0.6) is 0 Å². The minimum absolute atomic E-state index is 0. The molecule has 0 aliphatic carbocycles. The van der Waals surface area contributed by atoms with E-state index in [1.165, 1.54) is 26.9 Å². The lowest BCUT2D eigenvalue weighted by atomic mass is 10.1. The second-order valence-electron chi connectivity index (χ2n) is 8.90. The first kappa shape index (κ1) is 46.0. The standard InChI is InChI=1S/C16H26O8.C8H12N2O2.C3H6O3.CH4/c1-11(15(19)20)23-13(17)9-7-5-3-4-6-8-10-14(18)24-12(2)16(21)22;9-7-12-6-4-2-1-3-5-10-8-11;1-2(4)3(5)6;/h11-12H,3-10H2,1-2H3,(H,19,20)(H,21,22);1-6H2;2,4H,1H3,(H,5,6);1H4. The van der Waals surface area contributed by atoms with E-state index in [4.69, 9.17) is 35.2 Å². The molecule has 4 N–H and O–H groups in total. The van der Waals surface area contributed by atoms with Crippen LogP contribution in [0.1, 0.15) is 105 Å². The van der Waals surface area contributed by atoms with Crippen LogP contribution in [0.4, 0.5) is 0 Å². The number of aliphatic carboxylic acids is 3. The van der Waals surface area contributed by atoms with Crippen molar-refractivity contribution in [3.05, 3.63) is 0 Å². The molecule has 0 rings (SSSR count). The number of isocyanates is 1. The van der Waals surface area contributed by atoms with Crippen molar-refractivity contribution >= 4 is 35.9 Å². The molecule has 0 aliphatic rings. The second-order valence-corrected chi connectivity index (χ2v) is 8.90. The minimum atomic E-state index is -1.23. The molecule has 0 aromatic rings. The summed E-state index contributed by atoms with van der Waals surface area (Å²) in [5.74, 6) is -4.55. The molecule has 0 saturated carbocycles. The summed E-state index contributed by atoms with van der Waals surface area (Å²) in [5.41, 5.74) is 0. The van der Waals surface area contributed by atoms with Gasteiger partial charge in [-0.25, -0.2) is 24.2 Å². The summed E-state index contributed by atoms with van der Waals surface area (Å²) in [4.78, 5) is 66.2. The van der Waals surface area contributed by atoms with Gasteiger partial charge < -0.3 is 34.6 Å². The van der Waals surface area contributed by atoms with Crippen molar-refractivity contribution in [2.24, 2.45) is 4.99 Å². The average molecular weight is 621 g/mol. The van der Waals surface area contributed by atoms with Crippen LogP contribution in [0.2, 0.25) is 0 Å². The van der Waals surface area contributed by atoms with Gasteiger partial charge in [0.25, 0.3) is 6.26 Å². The fraction of sp³-hybridized carbons (Fsp3) is 0.750. The fourth-order valence-electron chi connectivity index (χ4n) is 2.67. The molecule has 3 unspecified atom stereocenters. The molecule has 0 heterocycles. The number of aliphatic hydroxyl groups is 1. The number of unbranched alkanes of at least 4 members (excludes halogenated alkanes) is 8. The van der Waals surface area contributed by atoms with E-state index < -0.39 is 48.2 Å². The summed E-state index contributed by atoms with van der Waals surface area (Å²) in [6.07, 6.45) is 8.49. The van der Waals surface area contributed by atoms with E-state index in [1.807, 2.05) is 0 Å². The summed E-state index contributed by atoms with van der Waals surface area (Å²) >= 11 is 0. The lowest BCUT2D eigenvalue weighted by molar-refractivity contribution is -0.162. The van der Waals surface area contributed by atoms with Crippen molar-refractivity contribution in [2.75, 3.05) is 13.2 Å². The molecule has 0 aliphatic heterocycles. The molecule has 0 saturated heterocycles. The van der Waals surface area contributed by atoms with Gasteiger partial charge in [-0.15, -0.1) is 0 Å². The van der Waals surface area contributed by atoms with Gasteiger partial charge >= 0.3 is 29.8 Å². The molecular weight excluding hydrogens is 572 g/mol. The minimum Gasteiger partial charge on any atom is -0.479 e. The highest BCUT2D eigenvalue weighted by molar-refractivity contribution is 5.78. The Bertz CT molecular complexity index is 825. The number of nitriles is 1. The van der Waals surface area contributed by atoms with Crippen LogP contribution in [-0.4, -0.2) is 87.8 Å². The monoisotopic (exact) mass is 620 g/mol. The lowest BCUT2D eigenvalue weighted by Crippen LogP contribution is -2.23. The Balaban J connectivity index is -0.000000332. The van der Waals surface area contributed by atoms with E-state index in [0.29, 0.717) is 26.0 Å². The lowest BCUT2D eigenvalue weighted by Gasteiger charge is -2.09. The SMILES string of the molecule is C.CC(O)C(=O)O.CC(OC(=O)CCCCCCCCC(=O)OC(C)C(=O)O)C(=O)O.N#COCCCCCCN=C=O. The van der Waals surface area contributed by atoms with Gasteiger partial charge in [0.2, 0.25) is 6.08 Å². The summed E-state index contributed by atoms with van der Waals surface area (Å²) in [5, 5.41) is 41.0. The average Bonchev–Trinajstić information content (AvgIpc) is 2.92. The van der Waals surface area contributed by atoms with Crippen molar-refractivity contribution < 1.29 is 63.4 Å². The number of carbonyl (C=O) groups excluding carboxylic acids is 3. The van der Waals surface area contributed by atoms with E-state index in [2.05, 4.69) is 9.73 Å². The molecule has 15 nitrogen and oxygen atoms in total. The van der Waals surface area contributed by atoms with Gasteiger partial charge in [-0.1, -0.05) is 39.5 Å². The van der Waals surface area contributed by atoms with E-state index in [9.17, 15) is 28.8 Å².